The molecule has 0 fully saturated rings. The molecule has 2 aromatic carbocycles. The van der Waals surface area contributed by atoms with Crippen LogP contribution < -0.4 is 11.3 Å². The highest BCUT2D eigenvalue weighted by molar-refractivity contribution is 5.95. The van der Waals surface area contributed by atoms with Crippen LogP contribution in [-0.4, -0.2) is 19.6 Å². The predicted molar refractivity (Wildman–Crippen MR) is 108 cm³/mol. The second-order valence-electron chi connectivity index (χ2n) is 6.30. The molecule has 3 aromatic heterocycles. The van der Waals surface area contributed by atoms with E-state index in [1.54, 1.807) is 18.2 Å². The Kier molecular flexibility index (Phi) is 3.55. The summed E-state index contributed by atoms with van der Waals surface area (Å²) in [6.07, 6.45) is 1.89. The zero-order chi connectivity index (χ0) is 19.1. The molecule has 0 bridgehead atoms. The van der Waals surface area contributed by atoms with Gasteiger partial charge in [0, 0.05) is 28.7 Å². The van der Waals surface area contributed by atoms with Gasteiger partial charge in [-0.3, -0.25) is 4.79 Å². The van der Waals surface area contributed by atoms with Crippen LogP contribution in [0.1, 0.15) is 0 Å². The van der Waals surface area contributed by atoms with Crippen molar-refractivity contribution in [2.45, 2.75) is 0 Å². The maximum atomic E-state index is 12.4. The number of benzene rings is 2. The molecule has 0 saturated heterocycles. The normalized spacial score (nSPS) is 11.7. The number of fused-ring (bicyclic) bond motifs is 2. The number of nitrogens with one attached hydrogen (secondary N) is 2. The molecule has 8 heteroatoms. The van der Waals surface area contributed by atoms with Gasteiger partial charge in [-0.1, -0.05) is 36.4 Å². The lowest BCUT2D eigenvalue weighted by Gasteiger charge is -2.01. The smallest absolute Gasteiger partial charge is 0.281 e. The third-order valence-electron chi connectivity index (χ3n) is 4.52. The maximum Gasteiger partial charge on any atom is 0.281 e. The van der Waals surface area contributed by atoms with Crippen LogP contribution in [0, 0.1) is 0 Å². The largest absolute Gasteiger partial charge is 0.382 e. The standard InChI is InChI=1S/C20H15N7O/c21-19-18(25-24-12-6-2-1-3-7-12)20(28)23-17-10-16(26-27(17)19)14-11-22-15-9-5-4-8-13(14)15/h1-11,22H,21H2,(H,23,28). The number of H-pyrrole nitrogens is 2. The van der Waals surface area contributed by atoms with E-state index in [9.17, 15) is 4.79 Å². The van der Waals surface area contributed by atoms with Crippen LogP contribution in [-0.2, 0) is 0 Å². The minimum Gasteiger partial charge on any atom is -0.382 e. The molecule has 0 radical (unpaired) electrons. The molecule has 0 aliphatic carbocycles. The Morgan fingerprint density at radius 3 is 2.64 bits per heavy atom. The van der Waals surface area contributed by atoms with Crippen molar-refractivity contribution in [3.8, 4) is 11.3 Å². The fourth-order valence-electron chi connectivity index (χ4n) is 3.16. The lowest BCUT2D eigenvalue weighted by atomic mass is 10.1. The van der Waals surface area contributed by atoms with Gasteiger partial charge in [-0.25, -0.2) is 0 Å². The summed E-state index contributed by atoms with van der Waals surface area (Å²) >= 11 is 0. The van der Waals surface area contributed by atoms with E-state index in [0.29, 0.717) is 17.0 Å². The number of nitrogens with two attached hydrogens (primary N) is 1. The summed E-state index contributed by atoms with van der Waals surface area (Å²) in [6, 6.07) is 18.8. The minimum atomic E-state index is -0.421. The molecule has 8 nitrogen and oxygen atoms in total. The lowest BCUT2D eigenvalue weighted by molar-refractivity contribution is 0.942. The molecule has 28 heavy (non-hydrogen) atoms. The monoisotopic (exact) mass is 369 g/mol. The van der Waals surface area contributed by atoms with Crippen molar-refractivity contribution in [3.05, 3.63) is 77.2 Å². The average Bonchev–Trinajstić information content (AvgIpc) is 3.32. The van der Waals surface area contributed by atoms with E-state index in [1.807, 2.05) is 48.7 Å². The van der Waals surface area contributed by atoms with E-state index in [1.165, 1.54) is 4.52 Å². The van der Waals surface area contributed by atoms with Crippen LogP contribution >= 0.6 is 0 Å². The summed E-state index contributed by atoms with van der Waals surface area (Å²) < 4.78 is 1.47. The Bertz CT molecular complexity index is 1390. The van der Waals surface area contributed by atoms with E-state index in [4.69, 9.17) is 5.73 Å². The fourth-order valence-corrected chi connectivity index (χ4v) is 3.16. The molecule has 0 amide bonds. The Hall–Kier alpha value is -4.20. The number of nitrogens with zero attached hydrogens (tertiary/aromatic N) is 4. The third kappa shape index (κ3) is 2.55. The number of hydrogen-bond donors (Lipinski definition) is 3. The topological polar surface area (TPSA) is 117 Å². The molecular formula is C20H15N7O. The van der Waals surface area contributed by atoms with Gasteiger partial charge in [0.15, 0.2) is 11.5 Å². The SMILES string of the molecule is Nc1c(N=Nc2ccccc2)c(=O)[nH]c2cc(-c3c[nH]c4ccccc34)nn12. The molecule has 0 unspecified atom stereocenters. The summed E-state index contributed by atoms with van der Waals surface area (Å²) in [6.45, 7) is 0. The summed E-state index contributed by atoms with van der Waals surface area (Å²) in [7, 11) is 0. The molecule has 136 valence electrons. The Morgan fingerprint density at radius 1 is 1.00 bits per heavy atom. The van der Waals surface area contributed by atoms with Crippen LogP contribution in [0.3, 0.4) is 0 Å². The summed E-state index contributed by atoms with van der Waals surface area (Å²) in [5.74, 6) is 0.129. The van der Waals surface area contributed by atoms with Gasteiger partial charge in [-0.2, -0.15) is 14.7 Å². The number of aromatic nitrogens is 4. The molecule has 0 saturated carbocycles. The molecular weight excluding hydrogens is 354 g/mol. The van der Waals surface area contributed by atoms with Gasteiger partial charge in [0.1, 0.15) is 5.65 Å². The van der Waals surface area contributed by atoms with E-state index >= 15 is 0 Å². The predicted octanol–water partition coefficient (Wildman–Crippen LogP) is 4.17. The van der Waals surface area contributed by atoms with Crippen LogP contribution in [0.5, 0.6) is 0 Å². The van der Waals surface area contributed by atoms with Gasteiger partial charge in [0.25, 0.3) is 5.56 Å². The van der Waals surface area contributed by atoms with Crippen molar-refractivity contribution in [2.75, 3.05) is 5.73 Å². The molecule has 5 aromatic rings. The Labute approximate surface area is 158 Å². The van der Waals surface area contributed by atoms with E-state index < -0.39 is 5.56 Å². The molecule has 5 rings (SSSR count). The van der Waals surface area contributed by atoms with Crippen molar-refractivity contribution >= 4 is 33.7 Å². The highest BCUT2D eigenvalue weighted by Crippen LogP contribution is 2.29. The molecule has 0 aliphatic heterocycles. The minimum absolute atomic E-state index is 0.0185. The van der Waals surface area contributed by atoms with Crippen molar-refractivity contribution < 1.29 is 0 Å². The van der Waals surface area contributed by atoms with Crippen molar-refractivity contribution in [1.29, 1.82) is 0 Å². The zero-order valence-electron chi connectivity index (χ0n) is 14.6. The molecule has 0 atom stereocenters. The first-order chi connectivity index (χ1) is 13.7. The lowest BCUT2D eigenvalue weighted by Crippen LogP contribution is -2.12. The fraction of sp³-hybridized carbons (Fsp3) is 0. The molecule has 4 N–H and O–H groups in total. The third-order valence-corrected chi connectivity index (χ3v) is 4.52. The second-order valence-corrected chi connectivity index (χ2v) is 6.30. The number of rotatable bonds is 3. The first-order valence-electron chi connectivity index (χ1n) is 8.65. The first kappa shape index (κ1) is 16.0. The van der Waals surface area contributed by atoms with Crippen molar-refractivity contribution in [2.24, 2.45) is 10.2 Å². The van der Waals surface area contributed by atoms with Gasteiger partial charge in [0.2, 0.25) is 0 Å². The van der Waals surface area contributed by atoms with Crippen LogP contribution in [0.15, 0.2) is 81.9 Å². The van der Waals surface area contributed by atoms with Crippen molar-refractivity contribution in [3.63, 3.8) is 0 Å². The van der Waals surface area contributed by atoms with Gasteiger partial charge < -0.3 is 15.7 Å². The zero-order valence-corrected chi connectivity index (χ0v) is 14.6. The van der Waals surface area contributed by atoms with Gasteiger partial charge in [-0.05, 0) is 18.2 Å². The molecule has 3 heterocycles. The highest BCUT2D eigenvalue weighted by Gasteiger charge is 2.15. The summed E-state index contributed by atoms with van der Waals surface area (Å²) in [5.41, 5.74) is 9.52. The number of aromatic amines is 2. The number of nitrogen functional groups attached to an aromatic ring is 1. The van der Waals surface area contributed by atoms with E-state index in [-0.39, 0.29) is 11.5 Å². The molecule has 0 spiro atoms. The Balaban J connectivity index is 1.64. The maximum absolute atomic E-state index is 12.4. The summed E-state index contributed by atoms with van der Waals surface area (Å²) in [4.78, 5) is 18.4. The molecule has 0 aliphatic rings. The second kappa shape index (κ2) is 6.20. The van der Waals surface area contributed by atoms with Gasteiger partial charge >= 0.3 is 0 Å². The van der Waals surface area contributed by atoms with Gasteiger partial charge in [-0.15, -0.1) is 5.11 Å². The van der Waals surface area contributed by atoms with Crippen LogP contribution in [0.4, 0.5) is 17.2 Å². The average molecular weight is 369 g/mol. The van der Waals surface area contributed by atoms with E-state index in [0.717, 1.165) is 16.5 Å². The summed E-state index contributed by atoms with van der Waals surface area (Å²) in [5, 5.41) is 13.7. The van der Waals surface area contributed by atoms with Crippen LogP contribution in [0.25, 0.3) is 27.8 Å². The number of azo groups is 1. The van der Waals surface area contributed by atoms with E-state index in [2.05, 4.69) is 25.3 Å². The van der Waals surface area contributed by atoms with Crippen molar-refractivity contribution in [1.82, 2.24) is 19.6 Å². The number of para-hydroxylation sites is 1. The highest BCUT2D eigenvalue weighted by atomic mass is 16.1. The van der Waals surface area contributed by atoms with Gasteiger partial charge in [0.05, 0.1) is 11.4 Å². The van der Waals surface area contributed by atoms with Crippen LogP contribution in [0.2, 0.25) is 0 Å². The number of anilines is 1. The number of hydrogen-bond acceptors (Lipinski definition) is 5. The first-order valence-corrected chi connectivity index (χ1v) is 8.65. The Morgan fingerprint density at radius 2 is 1.79 bits per heavy atom. The quantitative estimate of drug-likeness (QED) is 0.414.